The molecule has 1 heterocycles. The zero-order valence-corrected chi connectivity index (χ0v) is 17.7. The number of imide groups is 1. The number of nitrogens with one attached hydrogen (secondary N) is 1. The van der Waals surface area contributed by atoms with Gasteiger partial charge in [-0.1, -0.05) is 28.1 Å². The van der Waals surface area contributed by atoms with Gasteiger partial charge >= 0.3 is 5.97 Å². The highest BCUT2D eigenvalue weighted by Crippen LogP contribution is 2.53. The van der Waals surface area contributed by atoms with Gasteiger partial charge in [-0.2, -0.15) is 0 Å². The summed E-state index contributed by atoms with van der Waals surface area (Å²) in [4.78, 5) is 51.1. The fourth-order valence-electron chi connectivity index (χ4n) is 4.92. The Labute approximate surface area is 185 Å². The van der Waals surface area contributed by atoms with E-state index in [4.69, 9.17) is 0 Å². The number of carbonyl (C=O) groups excluding carboxylic acids is 3. The van der Waals surface area contributed by atoms with Crippen LogP contribution in [0.15, 0.2) is 59.1 Å². The van der Waals surface area contributed by atoms with Crippen LogP contribution < -0.4 is 10.2 Å². The third kappa shape index (κ3) is 3.09. The van der Waals surface area contributed by atoms with E-state index in [1.165, 1.54) is 29.2 Å². The topological polar surface area (TPSA) is 104 Å². The number of fused-ring (bicyclic) bond motifs is 5. The first kappa shape index (κ1) is 19.7. The molecule has 7 nitrogen and oxygen atoms in total. The molecule has 4 atom stereocenters. The number of rotatable bonds is 4. The number of amides is 3. The summed E-state index contributed by atoms with van der Waals surface area (Å²) in [6.07, 6.45) is 4.96. The maximum absolute atomic E-state index is 12.9. The molecule has 0 radical (unpaired) electrons. The van der Waals surface area contributed by atoms with Crippen LogP contribution in [-0.2, 0) is 9.59 Å². The largest absolute Gasteiger partial charge is 0.478 e. The minimum Gasteiger partial charge on any atom is -0.478 e. The summed E-state index contributed by atoms with van der Waals surface area (Å²) in [5.41, 5.74) is 0.854. The van der Waals surface area contributed by atoms with E-state index in [0.29, 0.717) is 10.2 Å². The van der Waals surface area contributed by atoms with Gasteiger partial charge in [-0.05, 0) is 60.7 Å². The van der Waals surface area contributed by atoms with Crippen LogP contribution in [0.2, 0.25) is 0 Å². The lowest BCUT2D eigenvalue weighted by Crippen LogP contribution is -2.32. The summed E-state index contributed by atoms with van der Waals surface area (Å²) in [6, 6.07) is 10.7. The van der Waals surface area contributed by atoms with E-state index in [2.05, 4.69) is 21.2 Å². The number of anilines is 2. The molecule has 2 fully saturated rings. The van der Waals surface area contributed by atoms with Gasteiger partial charge in [0, 0.05) is 10.0 Å². The van der Waals surface area contributed by atoms with Gasteiger partial charge in [0.1, 0.15) is 0 Å². The maximum atomic E-state index is 12.9. The van der Waals surface area contributed by atoms with Gasteiger partial charge in [0.2, 0.25) is 11.8 Å². The van der Waals surface area contributed by atoms with Crippen molar-refractivity contribution in [2.24, 2.45) is 23.7 Å². The fraction of sp³-hybridized carbons (Fsp3) is 0.217. The molecule has 1 aliphatic heterocycles. The monoisotopic (exact) mass is 480 g/mol. The van der Waals surface area contributed by atoms with Crippen molar-refractivity contribution >= 4 is 51.0 Å². The summed E-state index contributed by atoms with van der Waals surface area (Å²) >= 11 is 3.21. The normalized spacial score (nSPS) is 25.8. The standard InChI is InChI=1S/C23H17BrN2O5/c24-14-5-8-17(16(10-14)23(30)31)25-20(27)11-3-6-15(7-4-11)26-21(28)18-12-1-2-13(9-12)19(18)22(26)29/h1-8,10,12-13,18-19H,9H2,(H,25,27)(H,30,31)/t12-,13-,18+,19+/m0/s1. The molecule has 2 bridgehead atoms. The number of aromatic carboxylic acids is 1. The number of hydrogen-bond acceptors (Lipinski definition) is 4. The lowest BCUT2D eigenvalue weighted by Gasteiger charge is -2.17. The first-order valence-corrected chi connectivity index (χ1v) is 10.6. The number of nitrogens with zero attached hydrogens (tertiary/aromatic N) is 1. The molecule has 31 heavy (non-hydrogen) atoms. The van der Waals surface area contributed by atoms with Crippen molar-refractivity contribution in [1.82, 2.24) is 0 Å². The fourth-order valence-corrected chi connectivity index (χ4v) is 5.28. The smallest absolute Gasteiger partial charge is 0.337 e. The second kappa shape index (κ2) is 7.16. The molecule has 0 aromatic heterocycles. The SMILES string of the molecule is O=C(Nc1ccc(Br)cc1C(=O)O)c1ccc(N2C(=O)[C@H]3[C@H](C2=O)[C@H]2C=C[C@H]3C2)cc1. The molecule has 156 valence electrons. The molecule has 1 saturated heterocycles. The Morgan fingerprint density at radius 2 is 1.58 bits per heavy atom. The number of carboxylic acid groups (broad SMARTS) is 1. The predicted molar refractivity (Wildman–Crippen MR) is 116 cm³/mol. The highest BCUT2D eigenvalue weighted by atomic mass is 79.9. The highest BCUT2D eigenvalue weighted by Gasteiger charge is 2.59. The molecule has 0 unspecified atom stereocenters. The average molecular weight is 481 g/mol. The van der Waals surface area contributed by atoms with Crippen molar-refractivity contribution in [1.29, 1.82) is 0 Å². The first-order valence-electron chi connectivity index (χ1n) is 9.85. The van der Waals surface area contributed by atoms with Gasteiger partial charge in [-0.3, -0.25) is 19.3 Å². The molecular formula is C23H17BrN2O5. The van der Waals surface area contributed by atoms with E-state index in [-0.39, 0.29) is 52.3 Å². The van der Waals surface area contributed by atoms with Crippen LogP contribution in [-0.4, -0.2) is 28.8 Å². The first-order chi connectivity index (χ1) is 14.8. The van der Waals surface area contributed by atoms with E-state index in [1.807, 2.05) is 12.2 Å². The van der Waals surface area contributed by atoms with Gasteiger partial charge < -0.3 is 10.4 Å². The molecule has 8 heteroatoms. The minimum absolute atomic E-state index is 0.0395. The highest BCUT2D eigenvalue weighted by molar-refractivity contribution is 9.10. The molecule has 2 N–H and O–H groups in total. The maximum Gasteiger partial charge on any atom is 0.337 e. The zero-order valence-electron chi connectivity index (χ0n) is 16.1. The number of carbonyl (C=O) groups is 4. The number of hydrogen-bond donors (Lipinski definition) is 2. The number of halogens is 1. The van der Waals surface area contributed by atoms with E-state index in [1.54, 1.807) is 18.2 Å². The quantitative estimate of drug-likeness (QED) is 0.512. The van der Waals surface area contributed by atoms with Crippen molar-refractivity contribution in [3.8, 4) is 0 Å². The Morgan fingerprint density at radius 1 is 0.968 bits per heavy atom. The van der Waals surface area contributed by atoms with Crippen molar-refractivity contribution in [2.75, 3.05) is 10.2 Å². The molecule has 1 saturated carbocycles. The summed E-state index contributed by atoms with van der Waals surface area (Å²) in [5, 5.41) is 11.9. The van der Waals surface area contributed by atoms with Crippen LogP contribution in [0.1, 0.15) is 27.1 Å². The van der Waals surface area contributed by atoms with Gasteiger partial charge in [0.25, 0.3) is 5.91 Å². The number of benzene rings is 2. The van der Waals surface area contributed by atoms with E-state index >= 15 is 0 Å². The minimum atomic E-state index is -1.16. The van der Waals surface area contributed by atoms with Crippen LogP contribution in [0.3, 0.4) is 0 Å². The van der Waals surface area contributed by atoms with Crippen molar-refractivity contribution < 1.29 is 24.3 Å². The van der Waals surface area contributed by atoms with Crippen molar-refractivity contribution in [3.05, 3.63) is 70.2 Å². The third-order valence-electron chi connectivity index (χ3n) is 6.32. The number of carboxylic acids is 1. The van der Waals surface area contributed by atoms with Crippen LogP contribution in [0.25, 0.3) is 0 Å². The molecule has 2 aromatic rings. The van der Waals surface area contributed by atoms with Crippen LogP contribution >= 0.6 is 15.9 Å². The van der Waals surface area contributed by atoms with E-state index in [9.17, 15) is 24.3 Å². The molecule has 3 aliphatic rings. The summed E-state index contributed by atoms with van der Waals surface area (Å²) in [7, 11) is 0. The van der Waals surface area contributed by atoms with Crippen LogP contribution in [0, 0.1) is 23.7 Å². The third-order valence-corrected chi connectivity index (χ3v) is 6.81. The Kier molecular flexibility index (Phi) is 4.55. The van der Waals surface area contributed by atoms with Crippen molar-refractivity contribution in [3.63, 3.8) is 0 Å². The lowest BCUT2D eigenvalue weighted by atomic mass is 9.85. The summed E-state index contributed by atoms with van der Waals surface area (Å²) in [5.74, 6) is -2.29. The molecule has 2 aromatic carbocycles. The van der Waals surface area contributed by atoms with E-state index in [0.717, 1.165) is 6.42 Å². The van der Waals surface area contributed by atoms with E-state index < -0.39 is 11.9 Å². The Balaban J connectivity index is 1.35. The second-order valence-electron chi connectivity index (χ2n) is 8.01. The Bertz CT molecular complexity index is 1140. The average Bonchev–Trinajstić information content (AvgIpc) is 3.43. The zero-order chi connectivity index (χ0) is 21.9. The molecule has 2 aliphatic carbocycles. The Hall–Kier alpha value is -3.26. The predicted octanol–water partition coefficient (Wildman–Crippen LogP) is 3.71. The van der Waals surface area contributed by atoms with Gasteiger partial charge in [-0.25, -0.2) is 4.79 Å². The number of allylic oxidation sites excluding steroid dienone is 2. The molecule has 3 amide bonds. The van der Waals surface area contributed by atoms with Gasteiger partial charge in [0.05, 0.1) is 28.8 Å². The lowest BCUT2D eigenvalue weighted by molar-refractivity contribution is -0.123. The molecule has 5 rings (SSSR count). The van der Waals surface area contributed by atoms with Crippen molar-refractivity contribution in [2.45, 2.75) is 6.42 Å². The molecule has 0 spiro atoms. The van der Waals surface area contributed by atoms with Gasteiger partial charge in [0.15, 0.2) is 0 Å². The second-order valence-corrected chi connectivity index (χ2v) is 8.92. The van der Waals surface area contributed by atoms with Crippen LogP contribution in [0.4, 0.5) is 11.4 Å². The Morgan fingerprint density at radius 3 is 2.16 bits per heavy atom. The van der Waals surface area contributed by atoms with Gasteiger partial charge in [-0.15, -0.1) is 0 Å². The summed E-state index contributed by atoms with van der Waals surface area (Å²) in [6.45, 7) is 0. The van der Waals surface area contributed by atoms with Crippen LogP contribution in [0.5, 0.6) is 0 Å². The molecular weight excluding hydrogens is 464 g/mol. The summed E-state index contributed by atoms with van der Waals surface area (Å²) < 4.78 is 0.584.